The highest BCUT2D eigenvalue weighted by atomic mass is 35.5. The number of aliphatic hydroxyl groups is 1. The van der Waals surface area contributed by atoms with Crippen LogP contribution in [0.3, 0.4) is 0 Å². The number of hydrogen-bond donors (Lipinski definition) is 4. The molecule has 260 valence electrons. The topological polar surface area (TPSA) is 146 Å². The summed E-state index contributed by atoms with van der Waals surface area (Å²) < 4.78 is 12.2. The second kappa shape index (κ2) is 15.2. The minimum atomic E-state index is -1.11. The molecule has 0 radical (unpaired) electrons. The summed E-state index contributed by atoms with van der Waals surface area (Å²) in [6, 6.07) is 11.0. The van der Waals surface area contributed by atoms with Crippen molar-refractivity contribution in [2.24, 2.45) is 16.7 Å². The van der Waals surface area contributed by atoms with E-state index in [2.05, 4.69) is 16.0 Å². The van der Waals surface area contributed by atoms with E-state index in [1.54, 1.807) is 26.0 Å². The molecule has 4 rings (SSSR count). The minimum Gasteiger partial charge on any atom is -0.460 e. The minimum absolute atomic E-state index is 0.0419. The Labute approximate surface area is 288 Å². The second-order valence-electron chi connectivity index (χ2n) is 14.6. The second-order valence-corrected chi connectivity index (χ2v) is 15.0. The Hall–Kier alpha value is -3.73. The molecule has 0 spiro atoms. The lowest BCUT2D eigenvalue weighted by Gasteiger charge is -2.35. The Kier molecular flexibility index (Phi) is 11.8. The van der Waals surface area contributed by atoms with Gasteiger partial charge in [-0.25, -0.2) is 4.79 Å². The molecule has 10 nitrogen and oxygen atoms in total. The van der Waals surface area contributed by atoms with E-state index < -0.39 is 52.7 Å². The van der Waals surface area contributed by atoms with Gasteiger partial charge in [0.1, 0.15) is 24.3 Å². The third-order valence-corrected chi connectivity index (χ3v) is 9.44. The molecule has 4 N–H and O–H groups in total. The maximum atomic E-state index is 13.8. The number of carbonyl (C=O) groups excluding carboxylic acids is 4. The van der Waals surface area contributed by atoms with Crippen LogP contribution >= 0.6 is 11.6 Å². The van der Waals surface area contributed by atoms with Crippen molar-refractivity contribution in [1.82, 2.24) is 16.0 Å². The zero-order chi connectivity index (χ0) is 35.4. The summed E-state index contributed by atoms with van der Waals surface area (Å²) in [6.07, 6.45) is 2.17. The van der Waals surface area contributed by atoms with Crippen LogP contribution in [0.2, 0.25) is 5.02 Å². The van der Waals surface area contributed by atoms with Crippen LogP contribution in [0.15, 0.2) is 54.6 Å². The molecule has 48 heavy (non-hydrogen) atoms. The van der Waals surface area contributed by atoms with E-state index in [1.807, 2.05) is 71.0 Å². The molecule has 2 aromatic carbocycles. The van der Waals surface area contributed by atoms with Crippen molar-refractivity contribution in [3.8, 4) is 0 Å². The number of carbonyl (C=O) groups is 4. The first-order valence-corrected chi connectivity index (χ1v) is 16.7. The Balaban J connectivity index is 1.62. The number of aliphatic hydroxyl groups excluding tert-OH is 1. The highest BCUT2D eigenvalue weighted by molar-refractivity contribution is 6.31. The Morgan fingerprint density at radius 1 is 1.02 bits per heavy atom. The van der Waals surface area contributed by atoms with Crippen LogP contribution in [0.5, 0.6) is 0 Å². The number of nitrogens with one attached hydrogen (secondary N) is 3. The molecule has 1 fully saturated rings. The molecule has 2 aliphatic rings. The molecule has 2 aromatic rings. The summed E-state index contributed by atoms with van der Waals surface area (Å²) in [5.41, 5.74) is 1.59. The molecule has 2 unspecified atom stereocenters. The SMILES string of the molecule is Cc1ccc(C[C@H]2NC(=O)/C=C/C[C@@H]([C@H](C)C3OC3c3ccc(CO)cc3)OC(=O)[C@H](C(C)(C)C)NC(=O)C(C)(C)CNC2=O)cc1Cl. The van der Waals surface area contributed by atoms with Crippen LogP contribution in [0, 0.1) is 23.7 Å². The van der Waals surface area contributed by atoms with E-state index in [-0.39, 0.29) is 44.1 Å². The van der Waals surface area contributed by atoms with Gasteiger partial charge in [-0.1, -0.05) is 81.8 Å². The molecule has 0 saturated carbocycles. The third-order valence-electron chi connectivity index (χ3n) is 9.03. The molecule has 0 bridgehead atoms. The molecule has 0 aromatic heterocycles. The Morgan fingerprint density at radius 3 is 2.31 bits per heavy atom. The maximum absolute atomic E-state index is 13.8. The van der Waals surface area contributed by atoms with Crippen LogP contribution in [0.4, 0.5) is 0 Å². The van der Waals surface area contributed by atoms with Gasteiger partial charge >= 0.3 is 5.97 Å². The van der Waals surface area contributed by atoms with Gasteiger partial charge in [-0.15, -0.1) is 0 Å². The number of benzene rings is 2. The lowest BCUT2D eigenvalue weighted by atomic mass is 9.84. The summed E-state index contributed by atoms with van der Waals surface area (Å²) in [6.45, 7) is 12.6. The van der Waals surface area contributed by atoms with Crippen LogP contribution in [0.25, 0.3) is 0 Å². The zero-order valence-corrected chi connectivity index (χ0v) is 29.5. The van der Waals surface area contributed by atoms with Crippen molar-refractivity contribution in [1.29, 1.82) is 0 Å². The summed E-state index contributed by atoms with van der Waals surface area (Å²) in [5, 5.41) is 18.5. The van der Waals surface area contributed by atoms with Crippen molar-refractivity contribution in [2.75, 3.05) is 6.54 Å². The fourth-order valence-electron chi connectivity index (χ4n) is 5.61. The normalized spacial score (nSPS) is 26.8. The summed E-state index contributed by atoms with van der Waals surface area (Å²) in [7, 11) is 0. The van der Waals surface area contributed by atoms with Gasteiger partial charge in [0.15, 0.2) is 0 Å². The van der Waals surface area contributed by atoms with E-state index in [4.69, 9.17) is 21.1 Å². The van der Waals surface area contributed by atoms with Gasteiger partial charge in [0, 0.05) is 30.3 Å². The number of rotatable bonds is 6. The Bertz CT molecular complexity index is 1530. The molecule has 11 heteroatoms. The lowest BCUT2D eigenvalue weighted by molar-refractivity contribution is -0.159. The van der Waals surface area contributed by atoms with Gasteiger partial charge in [-0.05, 0) is 60.6 Å². The van der Waals surface area contributed by atoms with Gasteiger partial charge in [-0.3, -0.25) is 14.4 Å². The third kappa shape index (κ3) is 9.45. The summed E-state index contributed by atoms with van der Waals surface area (Å²) >= 11 is 6.34. The van der Waals surface area contributed by atoms with Crippen LogP contribution < -0.4 is 16.0 Å². The molecule has 1 saturated heterocycles. The first-order valence-electron chi connectivity index (χ1n) is 16.4. The smallest absolute Gasteiger partial charge is 0.329 e. The van der Waals surface area contributed by atoms with Gasteiger partial charge in [0.05, 0.1) is 18.1 Å². The number of esters is 1. The monoisotopic (exact) mass is 681 g/mol. The van der Waals surface area contributed by atoms with E-state index in [0.29, 0.717) is 5.02 Å². The molecule has 0 aliphatic carbocycles. The predicted molar refractivity (Wildman–Crippen MR) is 183 cm³/mol. The number of aryl methyl sites for hydroxylation is 1. The fourth-order valence-corrected chi connectivity index (χ4v) is 5.81. The zero-order valence-electron chi connectivity index (χ0n) is 28.8. The van der Waals surface area contributed by atoms with Crippen molar-refractivity contribution in [3.63, 3.8) is 0 Å². The number of epoxide rings is 1. The summed E-state index contributed by atoms with van der Waals surface area (Å²) in [4.78, 5) is 54.0. The number of hydrogen-bond acceptors (Lipinski definition) is 7. The van der Waals surface area contributed by atoms with Crippen molar-refractivity contribution in [3.05, 3.63) is 81.9 Å². The highest BCUT2D eigenvalue weighted by Gasteiger charge is 2.48. The van der Waals surface area contributed by atoms with Crippen LogP contribution in [0.1, 0.15) is 76.3 Å². The first kappa shape index (κ1) is 37.1. The number of cyclic esters (lactones) is 1. The molecule has 2 aliphatic heterocycles. The highest BCUT2D eigenvalue weighted by Crippen LogP contribution is 2.45. The van der Waals surface area contributed by atoms with Gasteiger partial charge in [0.2, 0.25) is 17.7 Å². The van der Waals surface area contributed by atoms with Crippen molar-refractivity contribution < 1.29 is 33.8 Å². The van der Waals surface area contributed by atoms with E-state index >= 15 is 0 Å². The standard InChI is InChI=1S/C37H48ClN3O7/c1-21-11-12-24(17-26(21)38)18-27-33(44)39-20-37(6,7)35(46)41-32(36(3,4)5)34(45)47-28(9-8-10-29(43)40-27)22(2)30-31(48-30)25-15-13-23(19-42)14-16-25/h8,10-17,22,27-28,30-32,42H,9,18-20H2,1-7H3,(H,39,44)(H,40,43)(H,41,46)/b10-8+/t22-,27+,28-,30?,31?,32+/m0/s1. The van der Waals surface area contributed by atoms with Crippen LogP contribution in [-0.2, 0) is 41.7 Å². The predicted octanol–water partition coefficient (Wildman–Crippen LogP) is 4.49. The number of amides is 3. The Morgan fingerprint density at radius 2 is 1.69 bits per heavy atom. The molecular weight excluding hydrogens is 634 g/mol. The average Bonchev–Trinajstić information content (AvgIpc) is 3.83. The van der Waals surface area contributed by atoms with Crippen molar-refractivity contribution in [2.45, 2.75) is 98.3 Å². The fraction of sp³-hybridized carbons (Fsp3) is 0.514. The van der Waals surface area contributed by atoms with Gasteiger partial charge < -0.3 is 30.5 Å². The van der Waals surface area contributed by atoms with E-state index in [9.17, 15) is 24.3 Å². The van der Waals surface area contributed by atoms with Crippen LogP contribution in [-0.4, -0.2) is 59.6 Å². The number of halogens is 1. The quantitative estimate of drug-likeness (QED) is 0.260. The lowest BCUT2D eigenvalue weighted by Crippen LogP contribution is -2.56. The first-order chi connectivity index (χ1) is 22.5. The van der Waals surface area contributed by atoms with E-state index in [1.165, 1.54) is 6.08 Å². The largest absolute Gasteiger partial charge is 0.460 e. The summed E-state index contributed by atoms with van der Waals surface area (Å²) in [5.74, 6) is -2.26. The maximum Gasteiger partial charge on any atom is 0.329 e. The number of ether oxygens (including phenoxy) is 2. The molecule has 3 amide bonds. The van der Waals surface area contributed by atoms with Crippen molar-refractivity contribution >= 4 is 35.3 Å². The molecule has 2 heterocycles. The van der Waals surface area contributed by atoms with Gasteiger partial charge in [0.25, 0.3) is 0 Å². The van der Waals surface area contributed by atoms with Gasteiger partial charge in [-0.2, -0.15) is 0 Å². The van der Waals surface area contributed by atoms with E-state index in [0.717, 1.165) is 22.3 Å². The molecule has 6 atom stereocenters. The average molecular weight is 682 g/mol. The molecular formula is C37H48ClN3O7.